The third-order valence-corrected chi connectivity index (χ3v) is 14.2. The van der Waals surface area contributed by atoms with Gasteiger partial charge in [-0.05, 0) is 139 Å². The van der Waals surface area contributed by atoms with E-state index < -0.39 is 0 Å². The van der Waals surface area contributed by atoms with Gasteiger partial charge in [0.1, 0.15) is 11.2 Å². The third kappa shape index (κ3) is 5.75. The summed E-state index contributed by atoms with van der Waals surface area (Å²) >= 11 is 0. The molecule has 1 nitrogen and oxygen atoms in total. The molecule has 14 rings (SSSR count). The van der Waals surface area contributed by atoms with E-state index in [2.05, 4.69) is 243 Å². The van der Waals surface area contributed by atoms with E-state index in [4.69, 9.17) is 4.42 Å². The van der Waals surface area contributed by atoms with E-state index in [0.717, 1.165) is 27.3 Å². The van der Waals surface area contributed by atoms with Crippen LogP contribution < -0.4 is 0 Å². The molecular formula is C66H40O. The molecule has 0 unspecified atom stereocenters. The number of hydrogen-bond donors (Lipinski definition) is 0. The first-order chi connectivity index (χ1) is 33.3. The SMILES string of the molecule is c1ccc(-c2c(-c3c(-c4ccccc4)c4ccccc4c4ccccc34)ccc3cc(-c4c5ccccc5c(-c5ccc6oc7c8ccccc8ccc7c6c5)c5ccccc45)ccc23)cc1. The molecule has 0 aliphatic rings. The highest BCUT2D eigenvalue weighted by molar-refractivity contribution is 6.26. The highest BCUT2D eigenvalue weighted by Gasteiger charge is 2.23. The Morgan fingerprint density at radius 1 is 0.209 bits per heavy atom. The van der Waals surface area contributed by atoms with Gasteiger partial charge in [0, 0.05) is 16.2 Å². The Labute approximate surface area is 387 Å². The van der Waals surface area contributed by atoms with Crippen molar-refractivity contribution in [3.63, 3.8) is 0 Å². The number of hydrogen-bond acceptors (Lipinski definition) is 1. The predicted octanol–water partition coefficient (Wildman–Crippen LogP) is 18.8. The number of benzene rings is 13. The summed E-state index contributed by atoms with van der Waals surface area (Å²) in [5.41, 5.74) is 14.1. The van der Waals surface area contributed by atoms with Crippen LogP contribution in [0.4, 0.5) is 0 Å². The third-order valence-electron chi connectivity index (χ3n) is 14.2. The van der Waals surface area contributed by atoms with Crippen LogP contribution in [0.3, 0.4) is 0 Å². The van der Waals surface area contributed by atoms with E-state index in [9.17, 15) is 0 Å². The fourth-order valence-electron chi connectivity index (χ4n) is 11.3. The molecule has 1 heteroatoms. The molecule has 0 fully saturated rings. The van der Waals surface area contributed by atoms with E-state index in [-0.39, 0.29) is 0 Å². The maximum atomic E-state index is 6.57. The molecule has 1 aromatic heterocycles. The maximum Gasteiger partial charge on any atom is 0.143 e. The molecule has 67 heavy (non-hydrogen) atoms. The second-order valence-corrected chi connectivity index (χ2v) is 17.8. The van der Waals surface area contributed by atoms with Gasteiger partial charge in [0.05, 0.1) is 0 Å². The van der Waals surface area contributed by atoms with Gasteiger partial charge in [-0.25, -0.2) is 0 Å². The molecule has 310 valence electrons. The zero-order valence-corrected chi connectivity index (χ0v) is 36.5. The minimum atomic E-state index is 0.902. The minimum absolute atomic E-state index is 0.902. The summed E-state index contributed by atoms with van der Waals surface area (Å²) in [7, 11) is 0. The van der Waals surface area contributed by atoms with Crippen LogP contribution in [0.15, 0.2) is 247 Å². The molecule has 0 amide bonds. The topological polar surface area (TPSA) is 13.1 Å². The second-order valence-electron chi connectivity index (χ2n) is 17.8. The first kappa shape index (κ1) is 37.6. The lowest BCUT2D eigenvalue weighted by atomic mass is 9.81. The number of furan rings is 1. The Morgan fingerprint density at radius 2 is 0.657 bits per heavy atom. The Hall–Kier alpha value is -8.78. The molecule has 14 aromatic rings. The summed E-state index contributed by atoms with van der Waals surface area (Å²) < 4.78 is 6.57. The lowest BCUT2D eigenvalue weighted by Gasteiger charge is -2.22. The van der Waals surface area contributed by atoms with E-state index in [1.807, 2.05) is 0 Å². The van der Waals surface area contributed by atoms with Gasteiger partial charge in [-0.2, -0.15) is 0 Å². The van der Waals surface area contributed by atoms with E-state index in [1.54, 1.807) is 0 Å². The van der Waals surface area contributed by atoms with Crippen LogP contribution in [0, 0.1) is 0 Å². The van der Waals surface area contributed by atoms with Crippen molar-refractivity contribution in [3.05, 3.63) is 243 Å². The average molecular weight is 849 g/mol. The van der Waals surface area contributed by atoms with Crippen molar-refractivity contribution in [2.24, 2.45) is 0 Å². The zero-order valence-electron chi connectivity index (χ0n) is 36.5. The molecule has 0 radical (unpaired) electrons. The molecule has 0 aliphatic carbocycles. The molecule has 1 heterocycles. The molecule has 0 saturated heterocycles. The average Bonchev–Trinajstić information content (AvgIpc) is 3.78. The van der Waals surface area contributed by atoms with Crippen molar-refractivity contribution in [1.82, 2.24) is 0 Å². The van der Waals surface area contributed by atoms with Gasteiger partial charge < -0.3 is 4.42 Å². The van der Waals surface area contributed by atoms with Gasteiger partial charge in [-0.3, -0.25) is 0 Å². The molecule has 0 spiro atoms. The van der Waals surface area contributed by atoms with Crippen LogP contribution in [-0.4, -0.2) is 0 Å². The summed E-state index contributed by atoms with van der Waals surface area (Å²) in [6.45, 7) is 0. The van der Waals surface area contributed by atoms with E-state index in [1.165, 1.54) is 115 Å². The highest BCUT2D eigenvalue weighted by atomic mass is 16.3. The van der Waals surface area contributed by atoms with Gasteiger partial charge >= 0.3 is 0 Å². The zero-order chi connectivity index (χ0) is 44.0. The van der Waals surface area contributed by atoms with Crippen molar-refractivity contribution in [1.29, 1.82) is 0 Å². The summed E-state index contributed by atoms with van der Waals surface area (Å²) in [6.07, 6.45) is 0. The van der Waals surface area contributed by atoms with E-state index in [0.29, 0.717) is 0 Å². The van der Waals surface area contributed by atoms with Crippen molar-refractivity contribution in [3.8, 4) is 55.6 Å². The van der Waals surface area contributed by atoms with Crippen molar-refractivity contribution in [2.75, 3.05) is 0 Å². The van der Waals surface area contributed by atoms with Crippen molar-refractivity contribution < 1.29 is 4.42 Å². The van der Waals surface area contributed by atoms with Gasteiger partial charge in [0.25, 0.3) is 0 Å². The largest absolute Gasteiger partial charge is 0.455 e. The van der Waals surface area contributed by atoms with Crippen LogP contribution in [0.5, 0.6) is 0 Å². The van der Waals surface area contributed by atoms with Crippen LogP contribution in [0.25, 0.3) is 142 Å². The Balaban J connectivity index is 1.01. The number of fused-ring (bicyclic) bond motifs is 11. The highest BCUT2D eigenvalue weighted by Crippen LogP contribution is 2.50. The second kappa shape index (κ2) is 14.9. The Bertz CT molecular complexity index is 4250. The van der Waals surface area contributed by atoms with Crippen LogP contribution in [0.2, 0.25) is 0 Å². The first-order valence-electron chi connectivity index (χ1n) is 23.2. The van der Waals surface area contributed by atoms with Crippen molar-refractivity contribution >= 4 is 86.6 Å². The molecule has 0 N–H and O–H groups in total. The summed E-state index contributed by atoms with van der Waals surface area (Å²) in [6, 6.07) is 89.2. The Morgan fingerprint density at radius 3 is 1.27 bits per heavy atom. The van der Waals surface area contributed by atoms with Gasteiger partial charge in [-0.15, -0.1) is 0 Å². The minimum Gasteiger partial charge on any atom is -0.455 e. The fraction of sp³-hybridized carbons (Fsp3) is 0. The quantitative estimate of drug-likeness (QED) is 0.124. The van der Waals surface area contributed by atoms with Gasteiger partial charge in [-0.1, -0.05) is 218 Å². The standard InChI is InChI=1S/C66H40O/c1-3-18-42(19-4-1)61-47-35-33-45(39-44(47)32-37-58(61)65-52-26-12-10-24-50(52)49-23-9-11-25-51(49)64(65)43-20-5-2-6-21-43)62-53-27-13-15-29-55(53)63(56-30-16-14-28-54(56)62)46-34-38-60-59(40-46)57-36-31-41-17-7-8-22-48(41)66(57)67-60/h1-40H. The molecule has 0 bridgehead atoms. The summed E-state index contributed by atoms with van der Waals surface area (Å²) in [4.78, 5) is 0. The van der Waals surface area contributed by atoms with Crippen LogP contribution in [0.1, 0.15) is 0 Å². The lowest BCUT2D eigenvalue weighted by molar-refractivity contribution is 0.672. The number of rotatable bonds is 5. The van der Waals surface area contributed by atoms with Crippen LogP contribution >= 0.6 is 0 Å². The van der Waals surface area contributed by atoms with Crippen molar-refractivity contribution in [2.45, 2.75) is 0 Å². The molecule has 13 aromatic carbocycles. The Kier molecular flexibility index (Phi) is 8.35. The molecule has 0 atom stereocenters. The summed E-state index contributed by atoms with van der Waals surface area (Å²) in [5, 5.41) is 17.0. The maximum absolute atomic E-state index is 6.57. The summed E-state index contributed by atoms with van der Waals surface area (Å²) in [5.74, 6) is 0. The molecule has 0 aliphatic heterocycles. The molecule has 0 saturated carbocycles. The normalized spacial score (nSPS) is 11.9. The lowest BCUT2D eigenvalue weighted by Crippen LogP contribution is -1.95. The smallest absolute Gasteiger partial charge is 0.143 e. The van der Waals surface area contributed by atoms with Gasteiger partial charge in [0.2, 0.25) is 0 Å². The first-order valence-corrected chi connectivity index (χ1v) is 23.2. The van der Waals surface area contributed by atoms with Gasteiger partial charge in [0.15, 0.2) is 0 Å². The monoisotopic (exact) mass is 848 g/mol. The van der Waals surface area contributed by atoms with Crippen LogP contribution in [-0.2, 0) is 0 Å². The fourth-order valence-corrected chi connectivity index (χ4v) is 11.3. The molecular weight excluding hydrogens is 809 g/mol. The predicted molar refractivity (Wildman–Crippen MR) is 286 cm³/mol. The van der Waals surface area contributed by atoms with E-state index >= 15 is 0 Å².